The molecule has 0 spiro atoms. The second-order valence-corrected chi connectivity index (χ2v) is 4.73. The molecule has 1 rings (SSSR count). The number of hydrogen-bond acceptors (Lipinski definition) is 2. The molecule has 1 fully saturated rings. The maximum Gasteiger partial charge on any atom is 0.0175 e. The fraction of sp³-hybridized carbons (Fsp3) is 1.00. The van der Waals surface area contributed by atoms with Crippen molar-refractivity contribution in [3.8, 4) is 0 Å². The fourth-order valence-corrected chi connectivity index (χ4v) is 2.72. The predicted molar refractivity (Wildman–Crippen MR) is 53.2 cm³/mol. The van der Waals surface area contributed by atoms with Crippen LogP contribution in [0.15, 0.2) is 0 Å². The van der Waals surface area contributed by atoms with Gasteiger partial charge in [-0.2, -0.15) is 11.8 Å². The smallest absolute Gasteiger partial charge is 0.0175 e. The molecule has 66 valence electrons. The average molecular weight is 173 g/mol. The van der Waals surface area contributed by atoms with Crippen molar-refractivity contribution in [3.05, 3.63) is 0 Å². The van der Waals surface area contributed by atoms with Gasteiger partial charge in [-0.15, -0.1) is 0 Å². The van der Waals surface area contributed by atoms with Crippen LogP contribution in [0.1, 0.15) is 19.8 Å². The summed E-state index contributed by atoms with van der Waals surface area (Å²) in [5.41, 5.74) is 0. The Balaban J connectivity index is 2.37. The summed E-state index contributed by atoms with van der Waals surface area (Å²) in [7, 11) is 2.24. The highest BCUT2D eigenvalue weighted by Gasteiger charge is 2.22. The molecule has 0 bridgehead atoms. The lowest BCUT2D eigenvalue weighted by atomic mass is 9.96. The van der Waals surface area contributed by atoms with Crippen LogP contribution in [0, 0.1) is 5.92 Å². The van der Waals surface area contributed by atoms with E-state index in [1.54, 1.807) is 0 Å². The Labute approximate surface area is 74.5 Å². The van der Waals surface area contributed by atoms with E-state index in [1.807, 2.05) is 11.8 Å². The quantitative estimate of drug-likeness (QED) is 0.629. The highest BCUT2D eigenvalue weighted by Crippen LogP contribution is 2.25. The van der Waals surface area contributed by atoms with Crippen LogP contribution in [-0.4, -0.2) is 36.5 Å². The molecule has 1 aliphatic rings. The van der Waals surface area contributed by atoms with E-state index in [-0.39, 0.29) is 0 Å². The summed E-state index contributed by atoms with van der Waals surface area (Å²) in [5.74, 6) is 0.950. The number of thioether (sulfide) groups is 1. The van der Waals surface area contributed by atoms with Gasteiger partial charge in [-0.1, -0.05) is 13.3 Å². The van der Waals surface area contributed by atoms with Crippen molar-refractivity contribution in [2.24, 2.45) is 5.92 Å². The Hall–Kier alpha value is 0.310. The second kappa shape index (κ2) is 4.36. The fourth-order valence-electron chi connectivity index (χ4n) is 1.85. The molecule has 2 heteroatoms. The molecular weight excluding hydrogens is 154 g/mol. The SMILES string of the molecule is CCC1CC(SC)CN(C)C1. The Bertz CT molecular complexity index is 104. The summed E-state index contributed by atoms with van der Waals surface area (Å²) in [5, 5.41) is 0.888. The van der Waals surface area contributed by atoms with E-state index in [1.165, 1.54) is 25.9 Å². The van der Waals surface area contributed by atoms with Crippen LogP contribution in [0.25, 0.3) is 0 Å². The van der Waals surface area contributed by atoms with Gasteiger partial charge in [-0.05, 0) is 25.6 Å². The zero-order valence-corrected chi connectivity index (χ0v) is 8.66. The average Bonchev–Trinajstić information content (AvgIpc) is 2.03. The first-order valence-electron chi connectivity index (χ1n) is 4.47. The molecule has 1 saturated heterocycles. The molecule has 0 amide bonds. The van der Waals surface area contributed by atoms with Crippen LogP contribution in [0.5, 0.6) is 0 Å². The van der Waals surface area contributed by atoms with Crippen molar-refractivity contribution < 1.29 is 0 Å². The standard InChI is InChI=1S/C9H19NS/c1-4-8-5-9(11-3)7-10(2)6-8/h8-9H,4-7H2,1-3H3. The minimum Gasteiger partial charge on any atom is -0.305 e. The Morgan fingerprint density at radius 3 is 2.73 bits per heavy atom. The maximum atomic E-state index is 2.47. The number of hydrogen-bond donors (Lipinski definition) is 0. The molecule has 0 aromatic heterocycles. The highest BCUT2D eigenvalue weighted by atomic mass is 32.2. The van der Waals surface area contributed by atoms with Crippen molar-refractivity contribution in [2.75, 3.05) is 26.4 Å². The zero-order chi connectivity index (χ0) is 8.27. The molecule has 11 heavy (non-hydrogen) atoms. The Morgan fingerprint density at radius 1 is 1.45 bits per heavy atom. The van der Waals surface area contributed by atoms with Gasteiger partial charge in [0.2, 0.25) is 0 Å². The molecule has 0 aliphatic carbocycles. The van der Waals surface area contributed by atoms with E-state index < -0.39 is 0 Å². The van der Waals surface area contributed by atoms with Gasteiger partial charge in [0.15, 0.2) is 0 Å². The van der Waals surface area contributed by atoms with Gasteiger partial charge in [0.1, 0.15) is 0 Å². The molecule has 0 radical (unpaired) electrons. The van der Waals surface area contributed by atoms with E-state index in [2.05, 4.69) is 25.1 Å². The molecule has 0 saturated carbocycles. The zero-order valence-electron chi connectivity index (χ0n) is 7.84. The first kappa shape index (κ1) is 9.40. The van der Waals surface area contributed by atoms with Gasteiger partial charge in [0, 0.05) is 18.3 Å². The molecule has 0 aromatic carbocycles. The number of likely N-dealkylation sites (tertiary alicyclic amines) is 1. The van der Waals surface area contributed by atoms with E-state index in [0.717, 1.165) is 11.2 Å². The summed E-state index contributed by atoms with van der Waals surface area (Å²) < 4.78 is 0. The van der Waals surface area contributed by atoms with Crippen molar-refractivity contribution in [1.29, 1.82) is 0 Å². The largest absolute Gasteiger partial charge is 0.305 e. The van der Waals surface area contributed by atoms with Crippen LogP contribution in [0.4, 0.5) is 0 Å². The molecule has 2 unspecified atom stereocenters. The van der Waals surface area contributed by atoms with Gasteiger partial charge in [0.25, 0.3) is 0 Å². The van der Waals surface area contributed by atoms with Crippen LogP contribution in [-0.2, 0) is 0 Å². The third-order valence-corrected chi connectivity index (χ3v) is 3.60. The van der Waals surface area contributed by atoms with Crippen LogP contribution in [0.2, 0.25) is 0 Å². The van der Waals surface area contributed by atoms with Gasteiger partial charge >= 0.3 is 0 Å². The topological polar surface area (TPSA) is 3.24 Å². The van der Waals surface area contributed by atoms with Gasteiger partial charge in [-0.25, -0.2) is 0 Å². The van der Waals surface area contributed by atoms with Crippen molar-refractivity contribution in [3.63, 3.8) is 0 Å². The van der Waals surface area contributed by atoms with Gasteiger partial charge in [-0.3, -0.25) is 0 Å². The van der Waals surface area contributed by atoms with Gasteiger partial charge in [0.05, 0.1) is 0 Å². The molecule has 1 nitrogen and oxygen atoms in total. The van der Waals surface area contributed by atoms with Crippen molar-refractivity contribution in [1.82, 2.24) is 4.90 Å². The lowest BCUT2D eigenvalue weighted by molar-refractivity contribution is 0.212. The monoisotopic (exact) mass is 173 g/mol. The summed E-state index contributed by atoms with van der Waals surface area (Å²) in [6.45, 7) is 4.91. The predicted octanol–water partition coefficient (Wildman–Crippen LogP) is 2.08. The first-order chi connectivity index (χ1) is 5.26. The van der Waals surface area contributed by atoms with Crippen LogP contribution < -0.4 is 0 Å². The molecule has 0 N–H and O–H groups in total. The van der Waals surface area contributed by atoms with E-state index >= 15 is 0 Å². The van der Waals surface area contributed by atoms with Crippen molar-refractivity contribution >= 4 is 11.8 Å². The molecule has 1 aliphatic heterocycles. The lowest BCUT2D eigenvalue weighted by Gasteiger charge is -2.34. The number of piperidine rings is 1. The first-order valence-corrected chi connectivity index (χ1v) is 5.76. The van der Waals surface area contributed by atoms with Crippen molar-refractivity contribution in [2.45, 2.75) is 25.0 Å². The van der Waals surface area contributed by atoms with Gasteiger partial charge < -0.3 is 4.90 Å². The molecule has 1 heterocycles. The number of nitrogens with zero attached hydrogens (tertiary/aromatic N) is 1. The summed E-state index contributed by atoms with van der Waals surface area (Å²) in [6, 6.07) is 0. The summed E-state index contributed by atoms with van der Waals surface area (Å²) >= 11 is 2.03. The lowest BCUT2D eigenvalue weighted by Crippen LogP contribution is -2.39. The van der Waals surface area contributed by atoms with E-state index in [0.29, 0.717) is 0 Å². The minimum atomic E-state index is 0.888. The normalized spacial score (nSPS) is 34.1. The van der Waals surface area contributed by atoms with E-state index in [9.17, 15) is 0 Å². The van der Waals surface area contributed by atoms with Crippen LogP contribution >= 0.6 is 11.8 Å². The Kier molecular flexibility index (Phi) is 3.73. The molecular formula is C9H19NS. The Morgan fingerprint density at radius 2 is 2.18 bits per heavy atom. The summed E-state index contributed by atoms with van der Waals surface area (Å²) in [6.07, 6.45) is 5.01. The maximum absolute atomic E-state index is 2.47. The van der Waals surface area contributed by atoms with E-state index in [4.69, 9.17) is 0 Å². The second-order valence-electron chi connectivity index (χ2n) is 3.59. The summed E-state index contributed by atoms with van der Waals surface area (Å²) in [4.78, 5) is 2.47. The molecule has 0 aromatic rings. The highest BCUT2D eigenvalue weighted by molar-refractivity contribution is 7.99. The third kappa shape index (κ3) is 2.68. The minimum absolute atomic E-state index is 0.888. The number of rotatable bonds is 2. The molecule has 2 atom stereocenters. The third-order valence-electron chi connectivity index (χ3n) is 2.59. The van der Waals surface area contributed by atoms with Crippen LogP contribution in [0.3, 0.4) is 0 Å².